The van der Waals surface area contributed by atoms with Gasteiger partial charge in [0.25, 0.3) is 0 Å². The van der Waals surface area contributed by atoms with Gasteiger partial charge in [0, 0.05) is 25.0 Å². The maximum absolute atomic E-state index is 11.7. The number of unbranched alkanes of at least 4 members (excludes halogenated alkanes) is 1. The molecule has 82 valence electrons. The standard InChI is InChI=1S/C12H16ClNO/c1-14(11-7-3-2-4-8-11)12(15)9-5-6-10-13/h2-4,7-8H,5-6,9-10H2,1H3. The molecule has 15 heavy (non-hydrogen) atoms. The molecule has 0 atom stereocenters. The Balaban J connectivity index is 2.46. The first-order valence-corrected chi connectivity index (χ1v) is 5.66. The number of alkyl halides is 1. The van der Waals surface area contributed by atoms with E-state index in [0.29, 0.717) is 12.3 Å². The van der Waals surface area contributed by atoms with Gasteiger partial charge in [-0.15, -0.1) is 11.6 Å². The van der Waals surface area contributed by atoms with E-state index < -0.39 is 0 Å². The molecule has 1 rings (SSSR count). The first-order chi connectivity index (χ1) is 7.25. The minimum Gasteiger partial charge on any atom is -0.316 e. The number of carbonyl (C=O) groups is 1. The lowest BCUT2D eigenvalue weighted by Gasteiger charge is -2.16. The predicted molar refractivity (Wildman–Crippen MR) is 64.4 cm³/mol. The summed E-state index contributed by atoms with van der Waals surface area (Å²) in [6.45, 7) is 0. The van der Waals surface area contributed by atoms with E-state index in [-0.39, 0.29) is 5.91 Å². The van der Waals surface area contributed by atoms with Crippen molar-refractivity contribution in [3.05, 3.63) is 30.3 Å². The third-order valence-corrected chi connectivity index (χ3v) is 2.56. The van der Waals surface area contributed by atoms with E-state index in [4.69, 9.17) is 11.6 Å². The largest absolute Gasteiger partial charge is 0.316 e. The highest BCUT2D eigenvalue weighted by molar-refractivity contribution is 6.17. The molecule has 0 saturated heterocycles. The minimum absolute atomic E-state index is 0.145. The second kappa shape index (κ2) is 6.46. The molecule has 1 aromatic carbocycles. The fourth-order valence-corrected chi connectivity index (χ4v) is 1.52. The summed E-state index contributed by atoms with van der Waals surface area (Å²) in [4.78, 5) is 13.4. The van der Waals surface area contributed by atoms with Gasteiger partial charge in [-0.25, -0.2) is 0 Å². The molecule has 1 aromatic rings. The van der Waals surface area contributed by atoms with Gasteiger partial charge in [0.2, 0.25) is 5.91 Å². The second-order valence-electron chi connectivity index (χ2n) is 3.43. The Labute approximate surface area is 95.8 Å². The highest BCUT2D eigenvalue weighted by atomic mass is 35.5. The lowest BCUT2D eigenvalue weighted by Crippen LogP contribution is -2.25. The van der Waals surface area contributed by atoms with Gasteiger partial charge in [0.15, 0.2) is 0 Å². The van der Waals surface area contributed by atoms with Crippen molar-refractivity contribution in [1.82, 2.24) is 0 Å². The van der Waals surface area contributed by atoms with Gasteiger partial charge in [-0.2, -0.15) is 0 Å². The number of hydrogen-bond acceptors (Lipinski definition) is 1. The number of benzene rings is 1. The van der Waals surface area contributed by atoms with Gasteiger partial charge in [-0.05, 0) is 25.0 Å². The van der Waals surface area contributed by atoms with Crippen molar-refractivity contribution >= 4 is 23.2 Å². The smallest absolute Gasteiger partial charge is 0.226 e. The van der Waals surface area contributed by atoms with Crippen LogP contribution in [0.25, 0.3) is 0 Å². The monoisotopic (exact) mass is 225 g/mol. The SMILES string of the molecule is CN(C(=O)CCCCCl)c1ccccc1. The molecule has 0 fully saturated rings. The average molecular weight is 226 g/mol. The Morgan fingerprint density at radius 3 is 2.53 bits per heavy atom. The average Bonchev–Trinajstić information content (AvgIpc) is 2.29. The molecule has 0 bridgehead atoms. The van der Waals surface area contributed by atoms with Crippen LogP contribution in [0.2, 0.25) is 0 Å². The maximum atomic E-state index is 11.7. The van der Waals surface area contributed by atoms with Crippen molar-refractivity contribution in [3.63, 3.8) is 0 Å². The molecular weight excluding hydrogens is 210 g/mol. The lowest BCUT2D eigenvalue weighted by atomic mass is 10.2. The summed E-state index contributed by atoms with van der Waals surface area (Å²) in [6, 6.07) is 9.66. The third-order valence-electron chi connectivity index (χ3n) is 2.29. The fourth-order valence-electron chi connectivity index (χ4n) is 1.33. The van der Waals surface area contributed by atoms with E-state index in [0.717, 1.165) is 18.5 Å². The Bertz CT molecular complexity index is 300. The summed E-state index contributed by atoms with van der Waals surface area (Å²) >= 11 is 5.56. The van der Waals surface area contributed by atoms with E-state index in [9.17, 15) is 4.79 Å². The Morgan fingerprint density at radius 2 is 1.93 bits per heavy atom. The van der Waals surface area contributed by atoms with E-state index in [1.165, 1.54) is 0 Å². The molecule has 0 aliphatic carbocycles. The maximum Gasteiger partial charge on any atom is 0.226 e. The van der Waals surface area contributed by atoms with Crippen LogP contribution in [-0.2, 0) is 4.79 Å². The van der Waals surface area contributed by atoms with E-state index in [1.807, 2.05) is 30.3 Å². The van der Waals surface area contributed by atoms with Gasteiger partial charge in [-0.3, -0.25) is 4.79 Å². The zero-order valence-corrected chi connectivity index (χ0v) is 9.70. The minimum atomic E-state index is 0.145. The van der Waals surface area contributed by atoms with Gasteiger partial charge in [0.05, 0.1) is 0 Å². The molecule has 0 heterocycles. The van der Waals surface area contributed by atoms with Gasteiger partial charge < -0.3 is 4.90 Å². The number of amides is 1. The van der Waals surface area contributed by atoms with Gasteiger partial charge in [0.1, 0.15) is 0 Å². The van der Waals surface area contributed by atoms with Crippen LogP contribution in [0.4, 0.5) is 5.69 Å². The Hall–Kier alpha value is -1.02. The van der Waals surface area contributed by atoms with Crippen molar-refractivity contribution in [3.8, 4) is 0 Å². The molecule has 0 aliphatic heterocycles. The van der Waals surface area contributed by atoms with Gasteiger partial charge >= 0.3 is 0 Å². The molecule has 0 spiro atoms. The first kappa shape index (κ1) is 12.1. The molecule has 3 heteroatoms. The molecule has 2 nitrogen and oxygen atoms in total. The topological polar surface area (TPSA) is 20.3 Å². The summed E-state index contributed by atoms with van der Waals surface area (Å²) in [5, 5.41) is 0. The van der Waals surface area contributed by atoms with Crippen molar-refractivity contribution in [1.29, 1.82) is 0 Å². The van der Waals surface area contributed by atoms with E-state index in [2.05, 4.69) is 0 Å². The molecular formula is C12H16ClNO. The van der Waals surface area contributed by atoms with Crippen LogP contribution >= 0.6 is 11.6 Å². The van der Waals surface area contributed by atoms with Gasteiger partial charge in [-0.1, -0.05) is 18.2 Å². The highest BCUT2D eigenvalue weighted by Gasteiger charge is 2.09. The van der Waals surface area contributed by atoms with Crippen LogP contribution < -0.4 is 4.90 Å². The summed E-state index contributed by atoms with van der Waals surface area (Å²) < 4.78 is 0. The van der Waals surface area contributed by atoms with Crippen molar-refractivity contribution < 1.29 is 4.79 Å². The molecule has 0 N–H and O–H groups in total. The first-order valence-electron chi connectivity index (χ1n) is 5.13. The summed E-state index contributed by atoms with van der Waals surface area (Å²) in [7, 11) is 1.80. The Morgan fingerprint density at radius 1 is 1.27 bits per heavy atom. The summed E-state index contributed by atoms with van der Waals surface area (Å²) in [5.41, 5.74) is 0.938. The number of anilines is 1. The normalized spacial score (nSPS) is 10.0. The molecule has 0 unspecified atom stereocenters. The highest BCUT2D eigenvalue weighted by Crippen LogP contribution is 2.13. The lowest BCUT2D eigenvalue weighted by molar-refractivity contribution is -0.118. The molecule has 0 aromatic heterocycles. The van der Waals surface area contributed by atoms with Crippen LogP contribution in [-0.4, -0.2) is 18.8 Å². The number of rotatable bonds is 5. The van der Waals surface area contributed by atoms with Crippen LogP contribution in [0.1, 0.15) is 19.3 Å². The second-order valence-corrected chi connectivity index (χ2v) is 3.81. The molecule has 0 radical (unpaired) electrons. The number of para-hydroxylation sites is 1. The summed E-state index contributed by atoms with van der Waals surface area (Å²) in [6.07, 6.45) is 2.33. The van der Waals surface area contributed by atoms with E-state index >= 15 is 0 Å². The quantitative estimate of drug-likeness (QED) is 0.557. The van der Waals surface area contributed by atoms with Crippen LogP contribution in [0, 0.1) is 0 Å². The fraction of sp³-hybridized carbons (Fsp3) is 0.417. The van der Waals surface area contributed by atoms with Crippen molar-refractivity contribution in [2.75, 3.05) is 17.8 Å². The third kappa shape index (κ3) is 3.92. The molecule has 0 saturated carbocycles. The van der Waals surface area contributed by atoms with Crippen molar-refractivity contribution in [2.45, 2.75) is 19.3 Å². The predicted octanol–water partition coefficient (Wildman–Crippen LogP) is 3.06. The van der Waals surface area contributed by atoms with Crippen LogP contribution in [0.15, 0.2) is 30.3 Å². The number of nitrogens with zero attached hydrogens (tertiary/aromatic N) is 1. The molecule has 1 amide bonds. The van der Waals surface area contributed by atoms with Crippen LogP contribution in [0.5, 0.6) is 0 Å². The Kier molecular flexibility index (Phi) is 5.19. The van der Waals surface area contributed by atoms with Crippen molar-refractivity contribution in [2.24, 2.45) is 0 Å². The van der Waals surface area contributed by atoms with E-state index in [1.54, 1.807) is 11.9 Å². The zero-order valence-electron chi connectivity index (χ0n) is 8.95. The zero-order chi connectivity index (χ0) is 11.1. The number of halogens is 1. The number of carbonyl (C=O) groups excluding carboxylic acids is 1. The molecule has 0 aliphatic rings. The van der Waals surface area contributed by atoms with Crippen LogP contribution in [0.3, 0.4) is 0 Å². The number of hydrogen-bond donors (Lipinski definition) is 0. The summed E-state index contributed by atoms with van der Waals surface area (Å²) in [5.74, 6) is 0.772.